The molecule has 11 heteroatoms. The number of sulfonamides is 1. The molecule has 190 valence electrons. The molecule has 0 aromatic heterocycles. The number of carbonyl (C=O) groups excluding carboxylic acids is 2. The highest BCUT2D eigenvalue weighted by Gasteiger charge is 2.32. The maximum absolute atomic E-state index is 13.5. The number of benzene rings is 2. The number of rotatable bonds is 9. The molecule has 0 bridgehead atoms. The van der Waals surface area contributed by atoms with Crippen LogP contribution < -0.4 is 9.62 Å². The molecular formula is C24H32N4O6S. The number of nitro benzene ring substituents is 1. The molecule has 0 spiro atoms. The molecule has 35 heavy (non-hydrogen) atoms. The van der Waals surface area contributed by atoms with Gasteiger partial charge in [0, 0.05) is 24.2 Å². The lowest BCUT2D eigenvalue weighted by molar-refractivity contribution is -0.384. The SMILES string of the molecule is Cc1ccc([N+](=O)[O-])cc1N(CC(=O)N(Cc1ccccc1)C(C)C(=O)NC(C)(C)C)S(C)(=O)=O. The third-order valence-electron chi connectivity index (χ3n) is 5.21. The number of nitrogens with zero attached hydrogens (tertiary/aromatic N) is 3. The van der Waals surface area contributed by atoms with Crippen molar-refractivity contribution in [3.63, 3.8) is 0 Å². The number of non-ortho nitro benzene ring substituents is 1. The van der Waals surface area contributed by atoms with E-state index in [0.29, 0.717) is 5.56 Å². The van der Waals surface area contributed by atoms with Crippen LogP contribution in [0.4, 0.5) is 11.4 Å². The number of amides is 2. The molecule has 2 rings (SSSR count). The monoisotopic (exact) mass is 504 g/mol. The van der Waals surface area contributed by atoms with Crippen LogP contribution in [0, 0.1) is 17.0 Å². The van der Waals surface area contributed by atoms with Gasteiger partial charge in [-0.3, -0.25) is 24.0 Å². The molecule has 10 nitrogen and oxygen atoms in total. The van der Waals surface area contributed by atoms with Gasteiger partial charge in [0.25, 0.3) is 5.69 Å². The van der Waals surface area contributed by atoms with Gasteiger partial charge in [0.05, 0.1) is 16.9 Å². The van der Waals surface area contributed by atoms with Gasteiger partial charge < -0.3 is 10.2 Å². The van der Waals surface area contributed by atoms with Crippen molar-refractivity contribution in [1.82, 2.24) is 10.2 Å². The van der Waals surface area contributed by atoms with E-state index in [-0.39, 0.29) is 23.8 Å². The van der Waals surface area contributed by atoms with E-state index in [0.717, 1.165) is 22.2 Å². The Labute approximate surface area is 206 Å². The van der Waals surface area contributed by atoms with Crippen LogP contribution in [0.3, 0.4) is 0 Å². The van der Waals surface area contributed by atoms with Crippen LogP contribution in [0.15, 0.2) is 48.5 Å². The summed E-state index contributed by atoms with van der Waals surface area (Å²) in [6.45, 7) is 8.07. The third kappa shape index (κ3) is 7.78. The second kappa shape index (κ2) is 10.9. The summed E-state index contributed by atoms with van der Waals surface area (Å²) in [7, 11) is -4.00. The molecule has 1 N–H and O–H groups in total. The minimum absolute atomic E-state index is 0.0292. The Balaban J connectivity index is 2.47. The Bertz CT molecular complexity index is 1190. The quantitative estimate of drug-likeness (QED) is 0.413. The highest BCUT2D eigenvalue weighted by Crippen LogP contribution is 2.28. The van der Waals surface area contributed by atoms with Crippen molar-refractivity contribution >= 4 is 33.2 Å². The van der Waals surface area contributed by atoms with E-state index in [2.05, 4.69) is 5.32 Å². The maximum atomic E-state index is 13.5. The van der Waals surface area contributed by atoms with Crippen LogP contribution in [0.25, 0.3) is 0 Å². The average Bonchev–Trinajstić information content (AvgIpc) is 2.74. The van der Waals surface area contributed by atoms with E-state index < -0.39 is 39.0 Å². The first kappa shape index (κ1) is 27.8. The molecule has 2 aromatic rings. The van der Waals surface area contributed by atoms with Crippen molar-refractivity contribution in [2.75, 3.05) is 17.1 Å². The zero-order valence-electron chi connectivity index (χ0n) is 20.8. The van der Waals surface area contributed by atoms with E-state index >= 15 is 0 Å². The predicted octanol–water partition coefficient (Wildman–Crippen LogP) is 3.00. The van der Waals surface area contributed by atoms with E-state index in [1.165, 1.54) is 17.0 Å². The third-order valence-corrected chi connectivity index (χ3v) is 6.34. The summed E-state index contributed by atoms with van der Waals surface area (Å²) in [5, 5.41) is 14.1. The van der Waals surface area contributed by atoms with Crippen LogP contribution in [-0.4, -0.2) is 54.4 Å². The largest absolute Gasteiger partial charge is 0.350 e. The first-order valence-corrected chi connectivity index (χ1v) is 12.8. The maximum Gasteiger partial charge on any atom is 0.271 e. The van der Waals surface area contributed by atoms with Crippen LogP contribution in [-0.2, 0) is 26.2 Å². The average molecular weight is 505 g/mol. The van der Waals surface area contributed by atoms with Crippen LogP contribution >= 0.6 is 0 Å². The Kier molecular flexibility index (Phi) is 8.61. The molecule has 0 saturated heterocycles. The second-order valence-electron chi connectivity index (χ2n) is 9.42. The van der Waals surface area contributed by atoms with Crippen molar-refractivity contribution < 1.29 is 22.9 Å². The van der Waals surface area contributed by atoms with Gasteiger partial charge >= 0.3 is 0 Å². The normalized spacial score (nSPS) is 12.5. The van der Waals surface area contributed by atoms with E-state index in [4.69, 9.17) is 0 Å². The summed E-state index contributed by atoms with van der Waals surface area (Å²) in [6, 6.07) is 11.9. The molecule has 0 heterocycles. The van der Waals surface area contributed by atoms with E-state index in [1.807, 2.05) is 26.8 Å². The van der Waals surface area contributed by atoms with Crippen LogP contribution in [0.1, 0.15) is 38.8 Å². The summed E-state index contributed by atoms with van der Waals surface area (Å²) in [6.07, 6.45) is 0.926. The number of nitrogens with one attached hydrogen (secondary N) is 1. The Morgan fingerprint density at radius 3 is 2.23 bits per heavy atom. The Morgan fingerprint density at radius 2 is 1.71 bits per heavy atom. The van der Waals surface area contributed by atoms with Gasteiger partial charge in [0.2, 0.25) is 21.8 Å². The zero-order valence-corrected chi connectivity index (χ0v) is 21.6. The molecule has 0 aliphatic carbocycles. The topological polar surface area (TPSA) is 130 Å². The first-order valence-electron chi connectivity index (χ1n) is 11.0. The molecular weight excluding hydrogens is 472 g/mol. The fourth-order valence-electron chi connectivity index (χ4n) is 3.41. The fraction of sp³-hybridized carbons (Fsp3) is 0.417. The summed E-state index contributed by atoms with van der Waals surface area (Å²) < 4.78 is 26.2. The first-order chi connectivity index (χ1) is 16.1. The van der Waals surface area contributed by atoms with Gasteiger partial charge in [0.15, 0.2) is 0 Å². The number of hydrogen-bond donors (Lipinski definition) is 1. The molecule has 0 aliphatic heterocycles. The van der Waals surface area contributed by atoms with E-state index in [9.17, 15) is 28.1 Å². The lowest BCUT2D eigenvalue weighted by atomic mass is 10.1. The molecule has 1 atom stereocenters. The van der Waals surface area contributed by atoms with Crippen LogP contribution in [0.2, 0.25) is 0 Å². The minimum atomic E-state index is -4.00. The highest BCUT2D eigenvalue weighted by molar-refractivity contribution is 7.92. The van der Waals surface area contributed by atoms with Gasteiger partial charge in [-0.25, -0.2) is 8.42 Å². The summed E-state index contributed by atoms with van der Waals surface area (Å²) >= 11 is 0. The van der Waals surface area contributed by atoms with Gasteiger partial charge in [-0.05, 0) is 45.7 Å². The summed E-state index contributed by atoms with van der Waals surface area (Å²) in [5.74, 6) is -1.01. The lowest BCUT2D eigenvalue weighted by Crippen LogP contribution is -2.54. The second-order valence-corrected chi connectivity index (χ2v) is 11.3. The molecule has 0 aliphatic rings. The standard InChI is InChI=1S/C24H32N4O6S/c1-17-12-13-20(28(31)32)14-21(17)27(35(6,33)34)16-22(29)26(15-19-10-8-7-9-11-19)18(2)23(30)25-24(3,4)5/h7-14,18H,15-16H2,1-6H3,(H,25,30). The van der Waals surface area contributed by atoms with Gasteiger partial charge in [0.1, 0.15) is 12.6 Å². The minimum Gasteiger partial charge on any atom is -0.350 e. The zero-order chi connectivity index (χ0) is 26.6. The van der Waals surface area contributed by atoms with Crippen molar-refractivity contribution in [3.8, 4) is 0 Å². The molecule has 1 unspecified atom stereocenters. The van der Waals surface area contributed by atoms with Crippen molar-refractivity contribution in [3.05, 3.63) is 69.8 Å². The van der Waals surface area contributed by atoms with Crippen molar-refractivity contribution in [2.24, 2.45) is 0 Å². The lowest BCUT2D eigenvalue weighted by Gasteiger charge is -2.33. The molecule has 0 radical (unpaired) electrons. The van der Waals surface area contributed by atoms with Gasteiger partial charge in [-0.1, -0.05) is 36.4 Å². The van der Waals surface area contributed by atoms with E-state index in [1.54, 1.807) is 38.1 Å². The Morgan fingerprint density at radius 1 is 1.11 bits per heavy atom. The molecule has 0 fully saturated rings. The summed E-state index contributed by atoms with van der Waals surface area (Å²) in [5.41, 5.74) is 0.397. The number of aryl methyl sites for hydroxylation is 1. The number of hydrogen-bond acceptors (Lipinski definition) is 6. The molecule has 2 aromatic carbocycles. The number of carbonyl (C=O) groups is 2. The van der Waals surface area contributed by atoms with Gasteiger partial charge in [-0.2, -0.15) is 0 Å². The summed E-state index contributed by atoms with van der Waals surface area (Å²) in [4.78, 5) is 38.4. The van der Waals surface area contributed by atoms with Gasteiger partial charge in [-0.15, -0.1) is 0 Å². The van der Waals surface area contributed by atoms with Crippen molar-refractivity contribution in [1.29, 1.82) is 0 Å². The predicted molar refractivity (Wildman–Crippen MR) is 134 cm³/mol. The molecule has 0 saturated carbocycles. The van der Waals surface area contributed by atoms with Crippen molar-refractivity contribution in [2.45, 2.75) is 52.7 Å². The molecule has 2 amide bonds. The highest BCUT2D eigenvalue weighted by atomic mass is 32.2. The smallest absolute Gasteiger partial charge is 0.271 e. The Hall–Kier alpha value is -3.47. The number of nitro groups is 1. The fourth-order valence-corrected chi connectivity index (χ4v) is 4.31. The number of anilines is 1. The van der Waals surface area contributed by atoms with Crippen LogP contribution in [0.5, 0.6) is 0 Å².